The lowest BCUT2D eigenvalue weighted by Gasteiger charge is -2.12. The maximum absolute atomic E-state index is 13.1. The second kappa shape index (κ2) is 9.93. The molecule has 5 aromatic rings. The van der Waals surface area contributed by atoms with Crippen LogP contribution >= 0.6 is 0 Å². The molecule has 0 saturated carbocycles. The molecule has 3 aromatic carbocycles. The molecule has 1 N–H and O–H groups in total. The molecule has 35 heavy (non-hydrogen) atoms. The molecule has 5 rings (SSSR count). The molecule has 2 heterocycles. The molecule has 0 atom stereocenters. The van der Waals surface area contributed by atoms with Gasteiger partial charge in [-0.1, -0.05) is 36.4 Å². The minimum Gasteiger partial charge on any atom is -0.457 e. The highest BCUT2D eigenvalue weighted by atomic mass is 16.5. The van der Waals surface area contributed by atoms with Crippen molar-refractivity contribution in [3.8, 4) is 34.3 Å². The van der Waals surface area contributed by atoms with Crippen molar-refractivity contribution in [3.63, 3.8) is 0 Å². The van der Waals surface area contributed by atoms with Gasteiger partial charge < -0.3 is 14.8 Å². The van der Waals surface area contributed by atoms with Gasteiger partial charge in [-0.2, -0.15) is 5.10 Å². The van der Waals surface area contributed by atoms with Gasteiger partial charge in [0.05, 0.1) is 17.5 Å². The lowest BCUT2D eigenvalue weighted by molar-refractivity contribution is 0.102. The predicted molar refractivity (Wildman–Crippen MR) is 134 cm³/mol. The van der Waals surface area contributed by atoms with Crippen LogP contribution in [0, 0.1) is 0 Å². The van der Waals surface area contributed by atoms with E-state index in [2.05, 4.69) is 15.4 Å². The van der Waals surface area contributed by atoms with Crippen molar-refractivity contribution in [2.45, 2.75) is 0 Å². The number of benzene rings is 3. The molecule has 0 radical (unpaired) electrons. The molecule has 0 spiro atoms. The van der Waals surface area contributed by atoms with E-state index >= 15 is 0 Å². The number of amides is 1. The highest BCUT2D eigenvalue weighted by Crippen LogP contribution is 2.29. The fourth-order valence-electron chi connectivity index (χ4n) is 3.52. The monoisotopic (exact) mass is 462 g/mol. The summed E-state index contributed by atoms with van der Waals surface area (Å²) < 4.78 is 13.7. The molecule has 0 bridgehead atoms. The Balaban J connectivity index is 1.31. The summed E-state index contributed by atoms with van der Waals surface area (Å²) in [4.78, 5) is 17.4. The van der Waals surface area contributed by atoms with E-state index in [1.54, 1.807) is 53.5 Å². The van der Waals surface area contributed by atoms with Gasteiger partial charge in [0.25, 0.3) is 5.91 Å². The molecule has 0 fully saturated rings. The number of rotatable bonds is 7. The first-order chi connectivity index (χ1) is 17.1. The number of carbonyl (C=O) groups excluding carboxylic acids is 1. The van der Waals surface area contributed by atoms with Gasteiger partial charge in [0, 0.05) is 42.8 Å². The summed E-state index contributed by atoms with van der Waals surface area (Å²) in [5, 5.41) is 7.12. The highest BCUT2D eigenvalue weighted by molar-refractivity contribution is 6.06. The summed E-state index contributed by atoms with van der Waals surface area (Å²) in [6, 6.07) is 27.3. The fourth-order valence-corrected chi connectivity index (χ4v) is 3.52. The van der Waals surface area contributed by atoms with Gasteiger partial charge in [0.15, 0.2) is 0 Å². The molecule has 0 aliphatic heterocycles. The van der Waals surface area contributed by atoms with Gasteiger partial charge in [0.1, 0.15) is 23.0 Å². The third-order valence-electron chi connectivity index (χ3n) is 5.16. The summed E-state index contributed by atoms with van der Waals surface area (Å²) in [5.74, 6) is 2.06. The average Bonchev–Trinajstić information content (AvgIpc) is 3.32. The first-order valence-electron chi connectivity index (χ1n) is 11.0. The molecule has 0 saturated heterocycles. The van der Waals surface area contributed by atoms with Crippen molar-refractivity contribution in [1.82, 2.24) is 14.8 Å². The van der Waals surface area contributed by atoms with Gasteiger partial charge in [-0.15, -0.1) is 0 Å². The van der Waals surface area contributed by atoms with E-state index in [1.807, 2.05) is 67.8 Å². The van der Waals surface area contributed by atoms with E-state index in [0.717, 1.165) is 11.3 Å². The van der Waals surface area contributed by atoms with Crippen LogP contribution in [0.25, 0.3) is 11.3 Å². The molecule has 1 amide bonds. The number of hydrogen-bond donors (Lipinski definition) is 1. The van der Waals surface area contributed by atoms with Crippen molar-refractivity contribution in [2.24, 2.45) is 7.05 Å². The average molecular weight is 463 g/mol. The van der Waals surface area contributed by atoms with Gasteiger partial charge in [-0.3, -0.25) is 14.5 Å². The standard InChI is InChI=1S/C28H22N4O3/c1-32-19-20(18-30-32)26-17-24(14-15-29-26)34-23-11-7-8-21(16-23)31-28(33)25-12-5-6-13-27(25)35-22-9-3-2-4-10-22/h2-19H,1H3,(H,31,33). The van der Waals surface area contributed by atoms with Gasteiger partial charge >= 0.3 is 0 Å². The maximum Gasteiger partial charge on any atom is 0.259 e. The van der Waals surface area contributed by atoms with E-state index in [1.165, 1.54) is 0 Å². The quantitative estimate of drug-likeness (QED) is 0.306. The van der Waals surface area contributed by atoms with Crippen molar-refractivity contribution in [2.75, 3.05) is 5.32 Å². The van der Waals surface area contributed by atoms with Crippen molar-refractivity contribution < 1.29 is 14.3 Å². The van der Waals surface area contributed by atoms with Crippen LogP contribution in [-0.4, -0.2) is 20.7 Å². The van der Waals surface area contributed by atoms with Crippen LogP contribution in [0.4, 0.5) is 5.69 Å². The van der Waals surface area contributed by atoms with Crippen LogP contribution in [0.5, 0.6) is 23.0 Å². The first-order valence-corrected chi connectivity index (χ1v) is 11.0. The number of nitrogens with one attached hydrogen (secondary N) is 1. The normalized spacial score (nSPS) is 10.5. The van der Waals surface area contributed by atoms with E-state index in [4.69, 9.17) is 9.47 Å². The van der Waals surface area contributed by atoms with Crippen LogP contribution in [0.15, 0.2) is 110 Å². The van der Waals surface area contributed by atoms with Crippen LogP contribution < -0.4 is 14.8 Å². The Kier molecular flexibility index (Phi) is 6.21. The van der Waals surface area contributed by atoms with E-state index in [-0.39, 0.29) is 5.91 Å². The zero-order chi connectivity index (χ0) is 24.0. The number of nitrogens with zero attached hydrogens (tertiary/aromatic N) is 3. The fraction of sp³-hybridized carbons (Fsp3) is 0.0357. The van der Waals surface area contributed by atoms with Gasteiger partial charge in [-0.05, 0) is 42.5 Å². The largest absolute Gasteiger partial charge is 0.457 e. The number of hydrogen-bond acceptors (Lipinski definition) is 5. The minimum atomic E-state index is -0.281. The van der Waals surface area contributed by atoms with E-state index in [9.17, 15) is 4.79 Å². The summed E-state index contributed by atoms with van der Waals surface area (Å²) in [6.07, 6.45) is 5.33. The Morgan fingerprint density at radius 3 is 2.43 bits per heavy atom. The number of pyridine rings is 1. The summed E-state index contributed by atoms with van der Waals surface area (Å²) in [6.45, 7) is 0. The summed E-state index contributed by atoms with van der Waals surface area (Å²) >= 11 is 0. The highest BCUT2D eigenvalue weighted by Gasteiger charge is 2.14. The lowest BCUT2D eigenvalue weighted by atomic mass is 10.1. The van der Waals surface area contributed by atoms with Crippen LogP contribution in [0.2, 0.25) is 0 Å². The van der Waals surface area contributed by atoms with E-state index in [0.29, 0.717) is 34.2 Å². The molecule has 7 heteroatoms. The molecule has 172 valence electrons. The Bertz CT molecular complexity index is 1460. The molecular weight excluding hydrogens is 440 g/mol. The Morgan fingerprint density at radius 1 is 0.829 bits per heavy atom. The maximum atomic E-state index is 13.1. The third kappa shape index (κ3) is 5.36. The number of aryl methyl sites for hydroxylation is 1. The number of aromatic nitrogens is 3. The topological polar surface area (TPSA) is 78.3 Å². The van der Waals surface area contributed by atoms with Crippen LogP contribution in [0.3, 0.4) is 0 Å². The second-order valence-electron chi connectivity index (χ2n) is 7.77. The molecule has 0 unspecified atom stereocenters. The Labute approximate surface area is 202 Å². The molecule has 2 aromatic heterocycles. The number of anilines is 1. The van der Waals surface area contributed by atoms with Gasteiger partial charge in [0.2, 0.25) is 0 Å². The summed E-state index contributed by atoms with van der Waals surface area (Å²) in [5.41, 5.74) is 2.69. The second-order valence-corrected chi connectivity index (χ2v) is 7.77. The van der Waals surface area contributed by atoms with E-state index < -0.39 is 0 Å². The predicted octanol–water partition coefficient (Wildman–Crippen LogP) is 6.32. The van der Waals surface area contributed by atoms with Crippen LogP contribution in [0.1, 0.15) is 10.4 Å². The number of para-hydroxylation sites is 2. The smallest absolute Gasteiger partial charge is 0.259 e. The third-order valence-corrected chi connectivity index (χ3v) is 5.16. The molecule has 0 aliphatic carbocycles. The zero-order valence-electron chi connectivity index (χ0n) is 19.0. The number of ether oxygens (including phenoxy) is 2. The SMILES string of the molecule is Cn1cc(-c2cc(Oc3cccc(NC(=O)c4ccccc4Oc4ccccc4)c3)ccn2)cn1. The van der Waals surface area contributed by atoms with Crippen molar-refractivity contribution in [1.29, 1.82) is 0 Å². The Hall–Kier alpha value is -4.91. The number of carbonyl (C=O) groups is 1. The first kappa shape index (κ1) is 21.9. The molecule has 7 nitrogen and oxygen atoms in total. The molecular formula is C28H22N4O3. The minimum absolute atomic E-state index is 0.281. The van der Waals surface area contributed by atoms with Crippen molar-refractivity contribution >= 4 is 11.6 Å². The van der Waals surface area contributed by atoms with Crippen LogP contribution in [-0.2, 0) is 7.05 Å². The zero-order valence-corrected chi connectivity index (χ0v) is 19.0. The van der Waals surface area contributed by atoms with Crippen molar-refractivity contribution in [3.05, 3.63) is 115 Å². The lowest BCUT2D eigenvalue weighted by Crippen LogP contribution is -2.13. The molecule has 0 aliphatic rings. The summed E-state index contributed by atoms with van der Waals surface area (Å²) in [7, 11) is 1.86. The van der Waals surface area contributed by atoms with Gasteiger partial charge in [-0.25, -0.2) is 0 Å². The Morgan fingerprint density at radius 2 is 1.60 bits per heavy atom.